The van der Waals surface area contributed by atoms with Gasteiger partial charge in [-0.05, 0) is 60.2 Å². The zero-order chi connectivity index (χ0) is 28.9. The Labute approximate surface area is 235 Å². The molecule has 14 heteroatoms. The number of carbonyl (C=O) groups is 3. The highest BCUT2D eigenvalue weighted by Crippen LogP contribution is 2.30. The van der Waals surface area contributed by atoms with Gasteiger partial charge in [-0.15, -0.1) is 37.1 Å². The lowest BCUT2D eigenvalue weighted by atomic mass is 10.1. The first-order chi connectivity index (χ1) is 19.0. The number of ether oxygens (including phenoxy) is 1. The molecule has 3 N–H and O–H groups in total. The molecule has 0 saturated carbocycles. The third-order valence-corrected chi connectivity index (χ3v) is 6.63. The van der Waals surface area contributed by atoms with Crippen molar-refractivity contribution in [3.63, 3.8) is 0 Å². The summed E-state index contributed by atoms with van der Waals surface area (Å²) in [6, 6.07) is 15.8. The smallest absolute Gasteiger partial charge is 0.481 e. The fraction of sp³-hybridized carbons (Fsp3) is 0.154. The van der Waals surface area contributed by atoms with E-state index < -0.39 is 30.0 Å². The molecular formula is C26H21F3N4O5S2. The van der Waals surface area contributed by atoms with Gasteiger partial charge in [0.1, 0.15) is 10.1 Å². The number of carbonyl (C=O) groups excluding carboxylic acids is 2. The van der Waals surface area contributed by atoms with Crippen LogP contribution in [0.25, 0.3) is 10.2 Å². The monoisotopic (exact) mass is 590 g/mol. The van der Waals surface area contributed by atoms with E-state index in [1.54, 1.807) is 42.5 Å². The minimum absolute atomic E-state index is 0.0127. The number of anilines is 2. The number of urea groups is 1. The number of alkyl halides is 3. The molecular weight excluding hydrogens is 569 g/mol. The Hall–Kier alpha value is -4.30. The number of thiol groups is 1. The van der Waals surface area contributed by atoms with Crippen molar-refractivity contribution in [2.45, 2.75) is 23.7 Å². The number of nitrogens with zero attached hydrogens (tertiary/aromatic N) is 2. The van der Waals surface area contributed by atoms with Gasteiger partial charge in [-0.2, -0.15) is 0 Å². The van der Waals surface area contributed by atoms with Gasteiger partial charge in [0, 0.05) is 23.5 Å². The van der Waals surface area contributed by atoms with Crippen LogP contribution in [0.4, 0.5) is 29.3 Å². The fourth-order valence-corrected chi connectivity index (χ4v) is 4.75. The number of thiazole rings is 1. The van der Waals surface area contributed by atoms with Crippen LogP contribution in [0.15, 0.2) is 71.1 Å². The number of carboxylic acids is 1. The average Bonchev–Trinajstić information content (AvgIpc) is 3.26. The minimum atomic E-state index is -4.83. The second-order valence-electron chi connectivity index (χ2n) is 8.33. The number of halogens is 3. The summed E-state index contributed by atoms with van der Waals surface area (Å²) in [6.45, 7) is 0.0707. The van der Waals surface area contributed by atoms with Crippen molar-refractivity contribution in [2.24, 2.45) is 0 Å². The molecule has 4 aromatic rings. The van der Waals surface area contributed by atoms with Crippen molar-refractivity contribution >= 4 is 63.5 Å². The van der Waals surface area contributed by atoms with Gasteiger partial charge in [0.15, 0.2) is 0 Å². The number of amides is 3. The molecule has 40 heavy (non-hydrogen) atoms. The number of aromatic nitrogens is 1. The predicted octanol–water partition coefficient (Wildman–Crippen LogP) is 5.93. The van der Waals surface area contributed by atoms with E-state index in [1.807, 2.05) is 0 Å². The van der Waals surface area contributed by atoms with E-state index in [4.69, 9.17) is 5.11 Å². The summed E-state index contributed by atoms with van der Waals surface area (Å²) in [7, 11) is 0. The minimum Gasteiger partial charge on any atom is -0.481 e. The zero-order valence-corrected chi connectivity index (χ0v) is 22.1. The first-order valence-corrected chi connectivity index (χ1v) is 12.9. The van der Waals surface area contributed by atoms with Crippen LogP contribution in [0.1, 0.15) is 22.3 Å². The molecule has 4 rings (SSSR count). The number of carboxylic acid groups (broad SMARTS) is 1. The van der Waals surface area contributed by atoms with Crippen LogP contribution in [-0.2, 0) is 11.3 Å². The van der Waals surface area contributed by atoms with E-state index in [0.29, 0.717) is 26.7 Å². The number of fused-ring (bicyclic) bond motifs is 1. The lowest BCUT2D eigenvalue weighted by Gasteiger charge is -2.24. The molecule has 0 saturated heterocycles. The number of hydrogen-bond acceptors (Lipinski definition) is 7. The van der Waals surface area contributed by atoms with Crippen LogP contribution in [0.3, 0.4) is 0 Å². The molecule has 0 fully saturated rings. The highest BCUT2D eigenvalue weighted by atomic mass is 32.2. The van der Waals surface area contributed by atoms with E-state index in [9.17, 15) is 27.6 Å². The van der Waals surface area contributed by atoms with Gasteiger partial charge < -0.3 is 20.5 Å². The highest BCUT2D eigenvalue weighted by molar-refractivity contribution is 7.82. The summed E-state index contributed by atoms with van der Waals surface area (Å²) in [6.07, 6.45) is -5.04. The molecule has 0 aliphatic carbocycles. The molecule has 9 nitrogen and oxygen atoms in total. The summed E-state index contributed by atoms with van der Waals surface area (Å²) >= 11 is 5.61. The molecule has 0 bridgehead atoms. The number of nitrogens with one attached hydrogen (secondary N) is 2. The Morgan fingerprint density at radius 2 is 1.73 bits per heavy atom. The number of aliphatic carboxylic acids is 1. The lowest BCUT2D eigenvalue weighted by molar-refractivity contribution is -0.274. The first-order valence-electron chi connectivity index (χ1n) is 11.6. The summed E-state index contributed by atoms with van der Waals surface area (Å²) in [4.78, 5) is 42.0. The van der Waals surface area contributed by atoms with Crippen molar-refractivity contribution in [1.82, 2.24) is 10.3 Å². The van der Waals surface area contributed by atoms with Gasteiger partial charge >= 0.3 is 18.4 Å². The van der Waals surface area contributed by atoms with Crippen LogP contribution in [-0.4, -0.2) is 40.9 Å². The first kappa shape index (κ1) is 28.7. The van der Waals surface area contributed by atoms with Crippen LogP contribution < -0.4 is 20.3 Å². The summed E-state index contributed by atoms with van der Waals surface area (Å²) in [5, 5.41) is 13.9. The van der Waals surface area contributed by atoms with Gasteiger partial charge in [-0.25, -0.2) is 9.78 Å². The van der Waals surface area contributed by atoms with E-state index >= 15 is 0 Å². The Bertz CT molecular complexity index is 1530. The van der Waals surface area contributed by atoms with Crippen LogP contribution in [0.2, 0.25) is 0 Å². The maximum atomic E-state index is 13.4. The molecule has 208 valence electrons. The lowest BCUT2D eigenvalue weighted by Crippen LogP contribution is -2.34. The molecule has 0 atom stereocenters. The second-order valence-corrected chi connectivity index (χ2v) is 10.1. The predicted molar refractivity (Wildman–Crippen MR) is 146 cm³/mol. The molecule has 0 unspecified atom stereocenters. The molecule has 3 amide bonds. The van der Waals surface area contributed by atoms with Crippen LogP contribution >= 0.6 is 24.0 Å². The molecule has 1 aromatic heterocycles. The van der Waals surface area contributed by atoms with Crippen molar-refractivity contribution in [2.75, 3.05) is 16.8 Å². The Kier molecular flexibility index (Phi) is 8.80. The maximum Gasteiger partial charge on any atom is 0.573 e. The molecule has 0 radical (unpaired) electrons. The Balaban J connectivity index is 1.54. The van der Waals surface area contributed by atoms with Gasteiger partial charge in [-0.3, -0.25) is 14.5 Å². The van der Waals surface area contributed by atoms with Gasteiger partial charge in [0.2, 0.25) is 0 Å². The highest BCUT2D eigenvalue weighted by Gasteiger charge is 2.31. The number of rotatable bonds is 9. The normalized spacial score (nSPS) is 11.2. The maximum absolute atomic E-state index is 13.4. The van der Waals surface area contributed by atoms with Crippen LogP contribution in [0, 0.1) is 0 Å². The van der Waals surface area contributed by atoms with Gasteiger partial charge in [0.05, 0.1) is 23.2 Å². The van der Waals surface area contributed by atoms with Crippen LogP contribution in [0.5, 0.6) is 5.75 Å². The molecule has 0 aliphatic rings. The SMILES string of the molecule is O=C(O)CCNC(=O)c1ccc(CN(C(=O)Nc2ccc(OC(F)(F)F)cc2)c2ccc3nc(S)sc3c2)cc1. The van der Waals surface area contributed by atoms with Gasteiger partial charge in [-0.1, -0.05) is 12.1 Å². The summed E-state index contributed by atoms with van der Waals surface area (Å²) in [5.74, 6) is -1.88. The summed E-state index contributed by atoms with van der Waals surface area (Å²) in [5.41, 5.74) is 2.46. The zero-order valence-electron chi connectivity index (χ0n) is 20.4. The average molecular weight is 591 g/mol. The Morgan fingerprint density at radius 3 is 2.38 bits per heavy atom. The number of benzene rings is 3. The summed E-state index contributed by atoms with van der Waals surface area (Å²) < 4.78 is 42.6. The largest absolute Gasteiger partial charge is 0.573 e. The number of hydrogen-bond donors (Lipinski definition) is 4. The van der Waals surface area contributed by atoms with E-state index in [1.165, 1.54) is 28.4 Å². The van der Waals surface area contributed by atoms with E-state index in [-0.39, 0.29) is 25.2 Å². The molecule has 3 aromatic carbocycles. The van der Waals surface area contributed by atoms with Crippen molar-refractivity contribution in [1.29, 1.82) is 0 Å². The second kappa shape index (κ2) is 12.3. The van der Waals surface area contributed by atoms with E-state index in [2.05, 4.69) is 33.0 Å². The molecule has 0 spiro atoms. The topological polar surface area (TPSA) is 121 Å². The third kappa shape index (κ3) is 7.86. The standard InChI is InChI=1S/C26H21F3N4O5S2/c27-26(28,29)38-19-8-5-17(6-9-19)31-24(37)33(18-7-10-20-21(13-18)40-25(39)32-20)14-15-1-3-16(4-2-15)23(36)30-12-11-22(34)35/h1-10,13H,11-12,14H2,(H,30,36)(H,31,37)(H,32,39)(H,34,35). The van der Waals surface area contributed by atoms with E-state index in [0.717, 1.165) is 16.8 Å². The molecule has 1 heterocycles. The quantitative estimate of drug-likeness (QED) is 0.180. The Morgan fingerprint density at radius 1 is 1.02 bits per heavy atom. The third-order valence-electron chi connectivity index (χ3n) is 5.44. The van der Waals surface area contributed by atoms with Crippen molar-refractivity contribution < 1.29 is 37.4 Å². The molecule has 0 aliphatic heterocycles. The van der Waals surface area contributed by atoms with Crippen molar-refractivity contribution in [3.8, 4) is 5.75 Å². The van der Waals surface area contributed by atoms with Gasteiger partial charge in [0.25, 0.3) is 5.91 Å². The van der Waals surface area contributed by atoms with Crippen molar-refractivity contribution in [3.05, 3.63) is 77.9 Å². The fourth-order valence-electron chi connectivity index (χ4n) is 3.61.